The zero-order valence-electron chi connectivity index (χ0n) is 15.5. The summed E-state index contributed by atoms with van der Waals surface area (Å²) in [6.07, 6.45) is 0.798. The fraction of sp³-hybridized carbons (Fsp3) is 0.500. The van der Waals surface area contributed by atoms with Gasteiger partial charge >= 0.3 is 0 Å². The molecule has 0 atom stereocenters. The number of aryl methyl sites for hydroxylation is 1. The molecule has 0 saturated carbocycles. The van der Waals surface area contributed by atoms with E-state index in [1.807, 2.05) is 34.4 Å². The predicted molar refractivity (Wildman–Crippen MR) is 109 cm³/mol. The highest BCUT2D eigenvalue weighted by Gasteiger charge is 2.19. The van der Waals surface area contributed by atoms with Crippen molar-refractivity contribution in [2.45, 2.75) is 33.0 Å². The van der Waals surface area contributed by atoms with Crippen LogP contribution in [0.2, 0.25) is 5.02 Å². The molecule has 27 heavy (non-hydrogen) atoms. The molecule has 2 aromatic rings. The number of halogens is 1. The lowest BCUT2D eigenvalue weighted by Crippen LogP contribution is -2.47. The lowest BCUT2D eigenvalue weighted by atomic mass is 10.2. The molecule has 2 N–H and O–H groups in total. The number of hydrogen-bond acceptors (Lipinski definition) is 5. The summed E-state index contributed by atoms with van der Waals surface area (Å²) >= 11 is 11.7. The van der Waals surface area contributed by atoms with E-state index in [1.165, 1.54) is 0 Å². The van der Waals surface area contributed by atoms with Crippen molar-refractivity contribution in [1.82, 2.24) is 19.2 Å². The molecule has 9 heteroatoms. The summed E-state index contributed by atoms with van der Waals surface area (Å²) < 4.78 is 4.51. The third-order valence-corrected chi connectivity index (χ3v) is 5.46. The third kappa shape index (κ3) is 4.88. The number of benzene rings is 1. The van der Waals surface area contributed by atoms with Gasteiger partial charge in [-0.25, -0.2) is 4.68 Å². The second kappa shape index (κ2) is 8.86. The van der Waals surface area contributed by atoms with Gasteiger partial charge in [-0.1, -0.05) is 17.7 Å². The second-order valence-corrected chi connectivity index (χ2v) is 7.44. The minimum Gasteiger partial charge on any atom is -0.370 e. The Labute approximate surface area is 169 Å². The zero-order chi connectivity index (χ0) is 19.4. The van der Waals surface area contributed by atoms with E-state index in [0.29, 0.717) is 17.9 Å². The third-order valence-electron chi connectivity index (χ3n) is 4.79. The first kappa shape index (κ1) is 19.9. The van der Waals surface area contributed by atoms with Crippen LogP contribution in [0.3, 0.4) is 0 Å². The van der Waals surface area contributed by atoms with Crippen LogP contribution >= 0.6 is 23.8 Å². The van der Waals surface area contributed by atoms with Gasteiger partial charge in [-0.3, -0.25) is 9.69 Å². The molecular weight excluding hydrogens is 384 g/mol. The van der Waals surface area contributed by atoms with Crippen molar-refractivity contribution in [2.24, 2.45) is 5.73 Å². The summed E-state index contributed by atoms with van der Waals surface area (Å²) in [6.45, 7) is 7.11. The fourth-order valence-electron chi connectivity index (χ4n) is 3.33. The summed E-state index contributed by atoms with van der Waals surface area (Å²) in [6, 6.07) is 7.96. The van der Waals surface area contributed by atoms with Gasteiger partial charge in [-0.05, 0) is 37.3 Å². The van der Waals surface area contributed by atoms with Gasteiger partial charge in [-0.2, -0.15) is 5.10 Å². The number of primary amides is 1. The number of aromatic nitrogens is 3. The van der Waals surface area contributed by atoms with Crippen LogP contribution < -0.4 is 10.6 Å². The molecule has 1 amide bonds. The number of anilines is 1. The van der Waals surface area contributed by atoms with Gasteiger partial charge in [0.1, 0.15) is 5.82 Å². The highest BCUT2D eigenvalue weighted by Crippen LogP contribution is 2.21. The molecule has 1 aliphatic heterocycles. The number of nitrogens with zero attached hydrogens (tertiary/aromatic N) is 5. The standard InChI is InChI=1S/C18H25ClN6OS/c1-2-24-17(7-6-16(20)26)21-25(18(24)27)13-22-8-10-23(11-9-22)15-5-3-4-14(19)12-15/h3-5,12H,2,6-11,13H2,1H3,(H2,20,26). The summed E-state index contributed by atoms with van der Waals surface area (Å²) in [5, 5.41) is 5.39. The molecule has 1 aromatic carbocycles. The first-order valence-electron chi connectivity index (χ1n) is 9.15. The van der Waals surface area contributed by atoms with Crippen LogP contribution in [-0.2, 0) is 24.4 Å². The van der Waals surface area contributed by atoms with E-state index < -0.39 is 0 Å². The average molecular weight is 409 g/mol. The van der Waals surface area contributed by atoms with E-state index in [1.54, 1.807) is 0 Å². The largest absolute Gasteiger partial charge is 0.370 e. The summed E-state index contributed by atoms with van der Waals surface area (Å²) in [7, 11) is 0. The smallest absolute Gasteiger partial charge is 0.217 e. The monoisotopic (exact) mass is 408 g/mol. The molecule has 1 aliphatic rings. The molecule has 3 rings (SSSR count). The minimum atomic E-state index is -0.324. The van der Waals surface area contributed by atoms with Crippen molar-refractivity contribution in [3.05, 3.63) is 39.9 Å². The maximum atomic E-state index is 11.1. The van der Waals surface area contributed by atoms with Crippen molar-refractivity contribution in [3.8, 4) is 0 Å². The lowest BCUT2D eigenvalue weighted by Gasteiger charge is -2.35. The van der Waals surface area contributed by atoms with E-state index in [0.717, 1.165) is 49.3 Å². The highest BCUT2D eigenvalue weighted by molar-refractivity contribution is 7.71. The second-order valence-electron chi connectivity index (χ2n) is 6.64. The van der Waals surface area contributed by atoms with Crippen LogP contribution in [0.15, 0.2) is 24.3 Å². The summed E-state index contributed by atoms with van der Waals surface area (Å²) in [5.74, 6) is 0.495. The SMILES string of the molecule is CCn1c(CCC(N)=O)nn(CN2CCN(c3cccc(Cl)c3)CC2)c1=S. The quantitative estimate of drug-likeness (QED) is 0.711. The number of piperazine rings is 1. The zero-order valence-corrected chi connectivity index (χ0v) is 17.0. The van der Waals surface area contributed by atoms with Crippen LogP contribution in [0.4, 0.5) is 5.69 Å². The van der Waals surface area contributed by atoms with Crippen LogP contribution in [-0.4, -0.2) is 51.3 Å². The first-order chi connectivity index (χ1) is 13.0. The summed E-state index contributed by atoms with van der Waals surface area (Å²) in [4.78, 5) is 15.8. The molecule has 1 saturated heterocycles. The van der Waals surface area contributed by atoms with Crippen molar-refractivity contribution >= 4 is 35.4 Å². The molecule has 146 valence electrons. The topological polar surface area (TPSA) is 72.3 Å². The molecule has 2 heterocycles. The van der Waals surface area contributed by atoms with Gasteiger partial charge in [-0.15, -0.1) is 0 Å². The number of carbonyl (C=O) groups excluding carboxylic acids is 1. The van der Waals surface area contributed by atoms with Gasteiger partial charge in [0.25, 0.3) is 0 Å². The normalized spacial score (nSPS) is 15.3. The first-order valence-corrected chi connectivity index (χ1v) is 9.94. The molecule has 0 spiro atoms. The Balaban J connectivity index is 1.63. The number of carbonyl (C=O) groups is 1. The molecule has 0 radical (unpaired) electrons. The van der Waals surface area contributed by atoms with Gasteiger partial charge in [0.05, 0.1) is 6.67 Å². The Kier molecular flexibility index (Phi) is 6.51. The van der Waals surface area contributed by atoms with Crippen LogP contribution in [0.5, 0.6) is 0 Å². The molecule has 1 fully saturated rings. The van der Waals surface area contributed by atoms with Crippen molar-refractivity contribution in [1.29, 1.82) is 0 Å². The van der Waals surface area contributed by atoms with Crippen LogP contribution in [0.1, 0.15) is 19.2 Å². The summed E-state index contributed by atoms with van der Waals surface area (Å²) in [5.41, 5.74) is 6.42. The molecule has 0 bridgehead atoms. The Hall–Kier alpha value is -1.90. The molecule has 0 unspecified atom stereocenters. The van der Waals surface area contributed by atoms with E-state index >= 15 is 0 Å². The fourth-order valence-corrected chi connectivity index (χ4v) is 3.84. The Morgan fingerprint density at radius 1 is 1.30 bits per heavy atom. The highest BCUT2D eigenvalue weighted by atomic mass is 35.5. The minimum absolute atomic E-state index is 0.282. The number of amides is 1. The lowest BCUT2D eigenvalue weighted by molar-refractivity contribution is -0.118. The average Bonchev–Trinajstić information content (AvgIpc) is 2.95. The predicted octanol–water partition coefficient (Wildman–Crippen LogP) is 2.28. The molecule has 7 nitrogen and oxygen atoms in total. The van der Waals surface area contributed by atoms with E-state index in [-0.39, 0.29) is 12.3 Å². The van der Waals surface area contributed by atoms with E-state index in [4.69, 9.17) is 29.6 Å². The number of nitrogens with two attached hydrogens (primary N) is 1. The number of rotatable bonds is 7. The molecule has 0 aliphatic carbocycles. The van der Waals surface area contributed by atoms with Crippen molar-refractivity contribution < 1.29 is 4.79 Å². The number of hydrogen-bond donors (Lipinski definition) is 1. The Morgan fingerprint density at radius 2 is 2.04 bits per heavy atom. The van der Waals surface area contributed by atoms with Crippen LogP contribution in [0.25, 0.3) is 0 Å². The Morgan fingerprint density at radius 3 is 2.67 bits per heavy atom. The van der Waals surface area contributed by atoms with Crippen molar-refractivity contribution in [3.63, 3.8) is 0 Å². The maximum Gasteiger partial charge on any atom is 0.217 e. The maximum absolute atomic E-state index is 11.1. The molecular formula is C18H25ClN6OS. The van der Waals surface area contributed by atoms with E-state index in [2.05, 4.69) is 21.0 Å². The van der Waals surface area contributed by atoms with Gasteiger partial charge in [0.2, 0.25) is 5.91 Å². The van der Waals surface area contributed by atoms with Crippen LogP contribution in [0, 0.1) is 4.77 Å². The van der Waals surface area contributed by atoms with Gasteiger partial charge < -0.3 is 15.2 Å². The Bertz CT molecular complexity index is 856. The van der Waals surface area contributed by atoms with E-state index in [9.17, 15) is 4.79 Å². The van der Waals surface area contributed by atoms with Gasteiger partial charge in [0.15, 0.2) is 4.77 Å². The van der Waals surface area contributed by atoms with Crippen molar-refractivity contribution in [2.75, 3.05) is 31.1 Å². The molecule has 1 aromatic heterocycles. The van der Waals surface area contributed by atoms with Gasteiger partial charge in [0, 0.05) is 56.3 Å².